The molecule has 0 saturated heterocycles. The number of nitrogens with one attached hydrogen (secondary N) is 1. The molecule has 1 aliphatic carbocycles. The molecule has 1 aliphatic rings. The highest BCUT2D eigenvalue weighted by Crippen LogP contribution is 2.59. The van der Waals surface area contributed by atoms with E-state index in [0.29, 0.717) is 12.5 Å². The van der Waals surface area contributed by atoms with Crippen LogP contribution in [-0.2, 0) is 18.3 Å². The molecule has 22 heavy (non-hydrogen) atoms. The van der Waals surface area contributed by atoms with E-state index in [4.69, 9.17) is 0 Å². The first-order valence-electron chi connectivity index (χ1n) is 8.08. The fraction of sp³-hybridized carbons (Fsp3) is 0.667. The molecule has 0 aromatic carbocycles. The fourth-order valence-corrected chi connectivity index (χ4v) is 3.45. The topological polar surface area (TPSA) is 46.9 Å². The van der Waals surface area contributed by atoms with Crippen molar-refractivity contribution in [3.8, 4) is 0 Å². The lowest BCUT2D eigenvalue weighted by molar-refractivity contribution is -0.123. The molecule has 4 nitrogen and oxygen atoms in total. The van der Waals surface area contributed by atoms with Gasteiger partial charge in [0.05, 0.1) is 11.6 Å². The normalized spacial score (nSPS) is 22.3. The fourth-order valence-electron chi connectivity index (χ4n) is 3.45. The Balaban J connectivity index is 1.90. The van der Waals surface area contributed by atoms with E-state index in [0.717, 1.165) is 12.1 Å². The maximum atomic E-state index is 12.4. The summed E-state index contributed by atoms with van der Waals surface area (Å²) in [6.07, 6.45) is 3.08. The number of carbonyl (C=O) groups is 1. The van der Waals surface area contributed by atoms with E-state index in [1.54, 1.807) is 0 Å². The molecule has 1 fully saturated rings. The van der Waals surface area contributed by atoms with Gasteiger partial charge in [0.25, 0.3) is 0 Å². The molecule has 1 amide bonds. The van der Waals surface area contributed by atoms with Gasteiger partial charge in [0.1, 0.15) is 0 Å². The minimum Gasteiger partial charge on any atom is -0.355 e. The maximum Gasteiger partial charge on any atom is 0.224 e. The van der Waals surface area contributed by atoms with Gasteiger partial charge in [-0.2, -0.15) is 5.10 Å². The van der Waals surface area contributed by atoms with Crippen molar-refractivity contribution >= 4 is 5.91 Å². The molecule has 0 aliphatic heterocycles. The molecule has 1 saturated carbocycles. The summed E-state index contributed by atoms with van der Waals surface area (Å²) in [6, 6.07) is 0. The van der Waals surface area contributed by atoms with Crippen LogP contribution < -0.4 is 5.32 Å². The van der Waals surface area contributed by atoms with Crippen LogP contribution >= 0.6 is 0 Å². The standard InChI is InChI=1S/C18H29N3O/c1-11(2)10-15-16(18(15,5)6)17(22)19-9-8-14-12(3)20-21(7)13(14)4/h10,15-16H,8-9H2,1-7H3,(H,19,22)/t15-,16+/m1/s1. The van der Waals surface area contributed by atoms with Gasteiger partial charge in [0, 0.05) is 19.3 Å². The Morgan fingerprint density at radius 2 is 2.00 bits per heavy atom. The Kier molecular flexibility index (Phi) is 4.50. The molecular weight excluding hydrogens is 274 g/mol. The number of aromatic nitrogens is 2. The summed E-state index contributed by atoms with van der Waals surface area (Å²) in [7, 11) is 1.96. The first-order valence-corrected chi connectivity index (χ1v) is 8.08. The lowest BCUT2D eigenvalue weighted by Gasteiger charge is -2.07. The lowest BCUT2D eigenvalue weighted by Crippen LogP contribution is -2.29. The Morgan fingerprint density at radius 1 is 1.36 bits per heavy atom. The van der Waals surface area contributed by atoms with Crippen molar-refractivity contribution in [1.82, 2.24) is 15.1 Å². The number of amides is 1. The predicted molar refractivity (Wildman–Crippen MR) is 89.6 cm³/mol. The lowest BCUT2D eigenvalue weighted by atomic mass is 10.1. The zero-order chi connectivity index (χ0) is 16.7. The molecule has 1 aromatic rings. The third-order valence-corrected chi connectivity index (χ3v) is 5.04. The molecule has 2 atom stereocenters. The summed E-state index contributed by atoms with van der Waals surface area (Å²) in [4.78, 5) is 12.4. The van der Waals surface area contributed by atoms with Gasteiger partial charge in [0.15, 0.2) is 0 Å². The second-order valence-corrected chi connectivity index (χ2v) is 7.38. The second kappa shape index (κ2) is 5.90. The summed E-state index contributed by atoms with van der Waals surface area (Å²) in [5.41, 5.74) is 4.86. The van der Waals surface area contributed by atoms with Gasteiger partial charge in [-0.25, -0.2) is 0 Å². The summed E-state index contributed by atoms with van der Waals surface area (Å²) >= 11 is 0. The van der Waals surface area contributed by atoms with Gasteiger partial charge in [-0.1, -0.05) is 25.5 Å². The van der Waals surface area contributed by atoms with Crippen molar-refractivity contribution in [2.45, 2.75) is 48.0 Å². The highest BCUT2D eigenvalue weighted by Gasteiger charge is 2.60. The smallest absolute Gasteiger partial charge is 0.224 e. The van der Waals surface area contributed by atoms with Crippen LogP contribution in [0.3, 0.4) is 0 Å². The van der Waals surface area contributed by atoms with Crippen LogP contribution in [0.25, 0.3) is 0 Å². The van der Waals surface area contributed by atoms with Crippen LogP contribution in [0.4, 0.5) is 0 Å². The van der Waals surface area contributed by atoms with Gasteiger partial charge in [-0.3, -0.25) is 9.48 Å². The second-order valence-electron chi connectivity index (χ2n) is 7.38. The highest BCUT2D eigenvalue weighted by molar-refractivity contribution is 5.83. The molecule has 0 spiro atoms. The number of nitrogens with zero attached hydrogens (tertiary/aromatic N) is 2. The van der Waals surface area contributed by atoms with Crippen molar-refractivity contribution in [3.63, 3.8) is 0 Å². The monoisotopic (exact) mass is 303 g/mol. The Bertz CT molecular complexity index is 606. The molecule has 0 bridgehead atoms. The van der Waals surface area contributed by atoms with Crippen molar-refractivity contribution in [2.24, 2.45) is 24.3 Å². The number of hydrogen-bond donors (Lipinski definition) is 1. The summed E-state index contributed by atoms with van der Waals surface area (Å²) in [6.45, 7) is 13.3. The minimum atomic E-state index is 0.0848. The molecular formula is C18H29N3O. The van der Waals surface area contributed by atoms with Crippen molar-refractivity contribution < 1.29 is 4.79 Å². The van der Waals surface area contributed by atoms with Crippen LogP contribution in [0, 0.1) is 31.1 Å². The van der Waals surface area contributed by atoms with E-state index < -0.39 is 0 Å². The Morgan fingerprint density at radius 3 is 2.50 bits per heavy atom. The molecule has 1 heterocycles. The average molecular weight is 303 g/mol. The molecule has 2 rings (SSSR count). The van der Waals surface area contributed by atoms with Crippen molar-refractivity contribution in [2.75, 3.05) is 6.54 Å². The maximum absolute atomic E-state index is 12.4. The number of carbonyl (C=O) groups excluding carboxylic acids is 1. The van der Waals surface area contributed by atoms with Crippen LogP contribution in [0.15, 0.2) is 11.6 Å². The van der Waals surface area contributed by atoms with E-state index in [9.17, 15) is 4.79 Å². The van der Waals surface area contributed by atoms with Crippen LogP contribution in [0.2, 0.25) is 0 Å². The van der Waals surface area contributed by atoms with Gasteiger partial charge < -0.3 is 5.32 Å². The van der Waals surface area contributed by atoms with E-state index in [2.05, 4.69) is 51.1 Å². The van der Waals surface area contributed by atoms with Crippen LogP contribution in [-0.4, -0.2) is 22.2 Å². The largest absolute Gasteiger partial charge is 0.355 e. The van der Waals surface area contributed by atoms with Crippen LogP contribution in [0.5, 0.6) is 0 Å². The Labute approximate surface area is 134 Å². The Hall–Kier alpha value is -1.58. The summed E-state index contributed by atoms with van der Waals surface area (Å²) in [5.74, 6) is 0.671. The molecule has 1 aromatic heterocycles. The van der Waals surface area contributed by atoms with Crippen LogP contribution in [0.1, 0.15) is 44.6 Å². The molecule has 1 N–H and O–H groups in total. The highest BCUT2D eigenvalue weighted by atomic mass is 16.2. The number of rotatable bonds is 5. The third-order valence-electron chi connectivity index (χ3n) is 5.04. The number of hydrogen-bond acceptors (Lipinski definition) is 2. The predicted octanol–water partition coefficient (Wildman–Crippen LogP) is 2.93. The van der Waals surface area contributed by atoms with Gasteiger partial charge in [-0.15, -0.1) is 0 Å². The van der Waals surface area contributed by atoms with Gasteiger partial charge in [0.2, 0.25) is 5.91 Å². The van der Waals surface area contributed by atoms with E-state index in [1.165, 1.54) is 16.8 Å². The van der Waals surface area contributed by atoms with E-state index >= 15 is 0 Å². The first-order chi connectivity index (χ1) is 10.2. The molecule has 0 unspecified atom stereocenters. The van der Waals surface area contributed by atoms with Gasteiger partial charge >= 0.3 is 0 Å². The van der Waals surface area contributed by atoms with Gasteiger partial charge in [-0.05, 0) is 51.0 Å². The average Bonchev–Trinajstić information content (AvgIpc) is 2.83. The van der Waals surface area contributed by atoms with E-state index in [1.807, 2.05) is 18.7 Å². The zero-order valence-corrected chi connectivity index (χ0v) is 14.9. The molecule has 122 valence electrons. The summed E-state index contributed by atoms with van der Waals surface area (Å²) in [5, 5.41) is 7.53. The van der Waals surface area contributed by atoms with E-state index in [-0.39, 0.29) is 17.2 Å². The third kappa shape index (κ3) is 3.11. The quantitative estimate of drug-likeness (QED) is 0.850. The number of aryl methyl sites for hydroxylation is 2. The zero-order valence-electron chi connectivity index (χ0n) is 14.9. The number of allylic oxidation sites excluding steroid dienone is 2. The van der Waals surface area contributed by atoms with Crippen molar-refractivity contribution in [3.05, 3.63) is 28.6 Å². The SMILES string of the molecule is CC(C)=C[C@@H]1[C@@H](C(=O)NCCc2c(C)nn(C)c2C)C1(C)C. The minimum absolute atomic E-state index is 0.0848. The van der Waals surface area contributed by atoms with Crippen molar-refractivity contribution in [1.29, 1.82) is 0 Å². The molecule has 4 heteroatoms. The molecule has 0 radical (unpaired) electrons. The first kappa shape index (κ1) is 16.8. The summed E-state index contributed by atoms with van der Waals surface area (Å²) < 4.78 is 1.90.